The summed E-state index contributed by atoms with van der Waals surface area (Å²) in [6.45, 7) is 1.62. The number of anilines is 2. The van der Waals surface area contributed by atoms with Gasteiger partial charge in [-0.25, -0.2) is 0 Å². The Bertz CT molecular complexity index is 262. The Labute approximate surface area is 73.1 Å². The van der Waals surface area contributed by atoms with Crippen LogP contribution in [0.15, 0.2) is 0 Å². The first-order valence-corrected chi connectivity index (χ1v) is 4.17. The third-order valence-corrected chi connectivity index (χ3v) is 1.91. The van der Waals surface area contributed by atoms with Gasteiger partial charge in [0.05, 0.1) is 0 Å². The Hall–Kier alpha value is -0.920. The van der Waals surface area contributed by atoms with Gasteiger partial charge in [-0.1, -0.05) is 18.3 Å². The first kappa shape index (κ1) is 9.17. The van der Waals surface area contributed by atoms with Crippen LogP contribution in [0.5, 0.6) is 0 Å². The Morgan fingerprint density at radius 3 is 2.67 bits per heavy atom. The lowest BCUT2D eigenvalue weighted by atomic mass is 10.4. The lowest BCUT2D eigenvalue weighted by Gasteiger charge is -2.19. The molecule has 68 valence electrons. The smallest absolute Gasteiger partial charge is 0.245 e. The van der Waals surface area contributed by atoms with Crippen molar-refractivity contribution < 1.29 is 10.2 Å². The predicted octanol–water partition coefficient (Wildman–Crippen LogP) is -0.419. The molecule has 0 saturated carbocycles. The lowest BCUT2D eigenvalue weighted by Crippen LogP contribution is -2.36. The van der Waals surface area contributed by atoms with E-state index in [1.165, 1.54) is 0 Å². The van der Waals surface area contributed by atoms with Gasteiger partial charge in [-0.2, -0.15) is 0 Å². The van der Waals surface area contributed by atoms with Crippen LogP contribution in [0.1, 0.15) is 13.3 Å². The van der Waals surface area contributed by atoms with E-state index in [0.717, 1.165) is 11.3 Å². The molecule has 0 aliphatic rings. The maximum absolute atomic E-state index is 9.13. The highest BCUT2D eigenvalue weighted by Crippen LogP contribution is 2.19. The van der Waals surface area contributed by atoms with E-state index >= 15 is 0 Å². The van der Waals surface area contributed by atoms with Crippen molar-refractivity contribution in [2.24, 2.45) is 0 Å². The van der Waals surface area contributed by atoms with E-state index in [1.54, 1.807) is 6.92 Å². The van der Waals surface area contributed by atoms with Gasteiger partial charge in [-0.05, 0) is 0 Å². The number of hydrogen-bond donors (Lipinski definition) is 4. The van der Waals surface area contributed by atoms with Gasteiger partial charge in [-0.15, -0.1) is 10.2 Å². The number of aliphatic hydroxyl groups is 2. The zero-order chi connectivity index (χ0) is 9.19. The topological polar surface area (TPSA) is 104 Å². The summed E-state index contributed by atoms with van der Waals surface area (Å²) in [7, 11) is 0. The van der Waals surface area contributed by atoms with Gasteiger partial charge in [0.1, 0.15) is 0 Å². The Balaban J connectivity index is 2.63. The molecule has 1 aromatic heterocycles. The van der Waals surface area contributed by atoms with E-state index in [2.05, 4.69) is 15.5 Å². The molecule has 7 heteroatoms. The molecule has 0 spiro atoms. The molecule has 0 bridgehead atoms. The van der Waals surface area contributed by atoms with Crippen LogP contribution < -0.4 is 11.1 Å². The summed E-state index contributed by atoms with van der Waals surface area (Å²) in [5.74, 6) is -1.94. The molecular formula is C5H10N4O2S. The SMILES string of the molecule is CCC(O)(O)Nc1nnc(N)s1. The minimum Gasteiger partial charge on any atom is -0.374 e. The van der Waals surface area contributed by atoms with E-state index in [1.807, 2.05) is 0 Å². The largest absolute Gasteiger partial charge is 0.374 e. The first-order chi connectivity index (χ1) is 5.53. The minimum absolute atomic E-state index is 0.145. The zero-order valence-corrected chi connectivity index (χ0v) is 7.30. The van der Waals surface area contributed by atoms with Crippen LogP contribution in [-0.4, -0.2) is 26.3 Å². The second-order valence-corrected chi connectivity index (χ2v) is 3.25. The van der Waals surface area contributed by atoms with Crippen molar-refractivity contribution in [3.63, 3.8) is 0 Å². The maximum Gasteiger partial charge on any atom is 0.245 e. The van der Waals surface area contributed by atoms with Crippen LogP contribution in [0.25, 0.3) is 0 Å². The van der Waals surface area contributed by atoms with E-state index < -0.39 is 5.91 Å². The van der Waals surface area contributed by atoms with Crippen LogP contribution in [0, 0.1) is 0 Å². The number of nitrogens with one attached hydrogen (secondary N) is 1. The molecule has 12 heavy (non-hydrogen) atoms. The minimum atomic E-state index is -1.94. The van der Waals surface area contributed by atoms with E-state index in [9.17, 15) is 0 Å². The summed E-state index contributed by atoms with van der Waals surface area (Å²) in [6.07, 6.45) is 0.145. The monoisotopic (exact) mass is 190 g/mol. The quantitative estimate of drug-likeness (QED) is 0.483. The highest BCUT2D eigenvalue weighted by Gasteiger charge is 2.21. The number of nitrogens with zero attached hydrogens (tertiary/aromatic N) is 2. The second-order valence-electron chi connectivity index (χ2n) is 2.24. The van der Waals surface area contributed by atoms with Gasteiger partial charge in [0.2, 0.25) is 16.2 Å². The van der Waals surface area contributed by atoms with Crippen LogP contribution in [0.2, 0.25) is 0 Å². The number of aromatic nitrogens is 2. The molecule has 1 aromatic rings. The highest BCUT2D eigenvalue weighted by molar-refractivity contribution is 7.18. The van der Waals surface area contributed by atoms with Crippen molar-refractivity contribution in [2.75, 3.05) is 11.1 Å². The van der Waals surface area contributed by atoms with Gasteiger partial charge in [0, 0.05) is 6.42 Å². The average molecular weight is 190 g/mol. The number of nitrogen functional groups attached to an aromatic ring is 1. The molecule has 6 nitrogen and oxygen atoms in total. The normalized spacial score (nSPS) is 11.6. The highest BCUT2D eigenvalue weighted by atomic mass is 32.1. The van der Waals surface area contributed by atoms with E-state index in [-0.39, 0.29) is 11.6 Å². The fraction of sp³-hybridized carbons (Fsp3) is 0.600. The van der Waals surface area contributed by atoms with Crippen molar-refractivity contribution in [2.45, 2.75) is 19.3 Å². The van der Waals surface area contributed by atoms with Gasteiger partial charge < -0.3 is 21.3 Å². The van der Waals surface area contributed by atoms with Gasteiger partial charge in [0.15, 0.2) is 0 Å². The Kier molecular flexibility index (Phi) is 2.46. The molecule has 0 fully saturated rings. The Morgan fingerprint density at radius 2 is 2.25 bits per heavy atom. The fourth-order valence-electron chi connectivity index (χ4n) is 0.545. The van der Waals surface area contributed by atoms with Gasteiger partial charge >= 0.3 is 0 Å². The molecule has 1 rings (SSSR count). The third-order valence-electron chi connectivity index (χ3n) is 1.24. The summed E-state index contributed by atoms with van der Waals surface area (Å²) >= 11 is 1.05. The Morgan fingerprint density at radius 1 is 1.58 bits per heavy atom. The molecule has 0 amide bonds. The van der Waals surface area contributed by atoms with Crippen molar-refractivity contribution in [3.05, 3.63) is 0 Å². The van der Waals surface area contributed by atoms with Crippen molar-refractivity contribution >= 4 is 21.6 Å². The summed E-state index contributed by atoms with van der Waals surface area (Å²) < 4.78 is 0. The summed E-state index contributed by atoms with van der Waals surface area (Å²) in [5, 5.41) is 28.3. The molecule has 0 saturated heterocycles. The fourth-order valence-corrected chi connectivity index (χ4v) is 1.12. The van der Waals surface area contributed by atoms with E-state index in [0.29, 0.717) is 5.13 Å². The zero-order valence-electron chi connectivity index (χ0n) is 6.48. The molecule has 1 heterocycles. The molecule has 0 radical (unpaired) electrons. The second kappa shape index (κ2) is 3.21. The van der Waals surface area contributed by atoms with Crippen molar-refractivity contribution in [3.8, 4) is 0 Å². The van der Waals surface area contributed by atoms with Crippen molar-refractivity contribution in [1.82, 2.24) is 10.2 Å². The van der Waals surface area contributed by atoms with Gasteiger partial charge in [0.25, 0.3) is 0 Å². The molecule has 0 unspecified atom stereocenters. The molecule has 0 aliphatic heterocycles. The summed E-state index contributed by atoms with van der Waals surface area (Å²) in [6, 6.07) is 0. The molecular weight excluding hydrogens is 180 g/mol. The van der Waals surface area contributed by atoms with Crippen LogP contribution in [-0.2, 0) is 0 Å². The summed E-state index contributed by atoms with van der Waals surface area (Å²) in [4.78, 5) is 0. The van der Waals surface area contributed by atoms with Crippen molar-refractivity contribution in [1.29, 1.82) is 0 Å². The average Bonchev–Trinajstić information content (AvgIpc) is 2.35. The van der Waals surface area contributed by atoms with Crippen LogP contribution in [0.3, 0.4) is 0 Å². The lowest BCUT2D eigenvalue weighted by molar-refractivity contribution is -0.137. The summed E-state index contributed by atoms with van der Waals surface area (Å²) in [5.41, 5.74) is 5.28. The predicted molar refractivity (Wildman–Crippen MR) is 45.4 cm³/mol. The molecule has 5 N–H and O–H groups in total. The molecule has 0 aliphatic carbocycles. The third kappa shape index (κ3) is 2.29. The number of rotatable bonds is 3. The van der Waals surface area contributed by atoms with Gasteiger partial charge in [-0.3, -0.25) is 0 Å². The van der Waals surface area contributed by atoms with Crippen LogP contribution in [0.4, 0.5) is 10.3 Å². The number of nitrogens with two attached hydrogens (primary N) is 1. The number of hydrogen-bond acceptors (Lipinski definition) is 7. The molecule has 0 atom stereocenters. The van der Waals surface area contributed by atoms with E-state index in [4.69, 9.17) is 15.9 Å². The standard InChI is InChI=1S/C5H10N4O2S/c1-2-5(10,11)7-4-9-8-3(6)12-4/h10-11H,2H2,1H3,(H2,6,8)(H,7,9). The molecule has 0 aromatic carbocycles. The maximum atomic E-state index is 9.13. The van der Waals surface area contributed by atoms with Crippen LogP contribution >= 0.6 is 11.3 Å². The first-order valence-electron chi connectivity index (χ1n) is 3.35.